The van der Waals surface area contributed by atoms with Gasteiger partial charge in [0.15, 0.2) is 0 Å². The van der Waals surface area contributed by atoms with Gasteiger partial charge in [0, 0.05) is 6.20 Å². The van der Waals surface area contributed by atoms with E-state index < -0.39 is 5.60 Å². The maximum absolute atomic E-state index is 11.3. The predicted octanol–water partition coefficient (Wildman–Crippen LogP) is 3.66. The van der Waals surface area contributed by atoms with Gasteiger partial charge in [-0.15, -0.1) is 0 Å². The molecule has 3 heteroatoms. The van der Waals surface area contributed by atoms with Gasteiger partial charge < -0.3 is 5.11 Å². The molecule has 2 saturated carbocycles. The Morgan fingerprint density at radius 2 is 1.86 bits per heavy atom. The van der Waals surface area contributed by atoms with Crippen molar-refractivity contribution in [3.05, 3.63) is 48.3 Å². The molecular formula is C18H22N2O. The topological polar surface area (TPSA) is 38.1 Å². The van der Waals surface area contributed by atoms with Crippen molar-refractivity contribution >= 4 is 0 Å². The van der Waals surface area contributed by atoms with Crippen LogP contribution in [0.3, 0.4) is 0 Å². The number of aromatic nitrogens is 2. The minimum absolute atomic E-state index is 0.697. The maximum Gasteiger partial charge on any atom is 0.107 e. The van der Waals surface area contributed by atoms with E-state index in [1.807, 2.05) is 41.1 Å². The highest BCUT2D eigenvalue weighted by atomic mass is 16.3. The minimum atomic E-state index is -0.710. The lowest BCUT2D eigenvalue weighted by atomic mass is 9.74. The Balaban J connectivity index is 1.68. The molecule has 2 aliphatic carbocycles. The molecule has 0 aliphatic heterocycles. The lowest BCUT2D eigenvalue weighted by Gasteiger charge is -2.37. The van der Waals surface area contributed by atoms with E-state index in [-0.39, 0.29) is 0 Å². The molecular weight excluding hydrogens is 260 g/mol. The first-order valence-corrected chi connectivity index (χ1v) is 8.09. The van der Waals surface area contributed by atoms with Gasteiger partial charge in [-0.1, -0.05) is 18.2 Å². The average molecular weight is 282 g/mol. The highest BCUT2D eigenvalue weighted by Gasteiger charge is 2.43. The molecule has 1 aromatic heterocycles. The van der Waals surface area contributed by atoms with Crippen LogP contribution in [0, 0.1) is 11.8 Å². The van der Waals surface area contributed by atoms with Gasteiger partial charge in [-0.05, 0) is 68.6 Å². The van der Waals surface area contributed by atoms with E-state index in [1.54, 1.807) is 6.20 Å². The van der Waals surface area contributed by atoms with Crippen LogP contribution in [0.4, 0.5) is 0 Å². The van der Waals surface area contributed by atoms with E-state index in [1.165, 1.54) is 19.3 Å². The first-order chi connectivity index (χ1) is 10.3. The summed E-state index contributed by atoms with van der Waals surface area (Å²) in [5.74, 6) is 1.56. The molecule has 3 nitrogen and oxygen atoms in total. The monoisotopic (exact) mass is 282 g/mol. The summed E-state index contributed by atoms with van der Waals surface area (Å²) in [4.78, 5) is 0. The van der Waals surface area contributed by atoms with E-state index in [2.05, 4.69) is 5.10 Å². The number of rotatable bonds is 3. The van der Waals surface area contributed by atoms with Crippen LogP contribution in [-0.2, 0) is 5.60 Å². The van der Waals surface area contributed by atoms with Crippen molar-refractivity contribution in [1.82, 2.24) is 9.78 Å². The van der Waals surface area contributed by atoms with Gasteiger partial charge in [-0.25, -0.2) is 4.68 Å². The fraction of sp³-hybridized carbons (Fsp3) is 0.500. The van der Waals surface area contributed by atoms with Crippen LogP contribution in [0.25, 0.3) is 5.69 Å². The van der Waals surface area contributed by atoms with Crippen molar-refractivity contribution in [3.63, 3.8) is 0 Å². The average Bonchev–Trinajstić information content (AvgIpc) is 3.24. The van der Waals surface area contributed by atoms with Crippen LogP contribution in [0.2, 0.25) is 0 Å². The van der Waals surface area contributed by atoms with Gasteiger partial charge in [0.05, 0.1) is 11.4 Å². The van der Waals surface area contributed by atoms with Gasteiger partial charge in [0.2, 0.25) is 0 Å². The smallest absolute Gasteiger partial charge is 0.107 e. The van der Waals surface area contributed by atoms with Gasteiger partial charge in [0.25, 0.3) is 0 Å². The number of benzene rings is 1. The summed E-state index contributed by atoms with van der Waals surface area (Å²) in [5.41, 5.74) is 1.27. The minimum Gasteiger partial charge on any atom is -0.384 e. The van der Waals surface area contributed by atoms with Crippen molar-refractivity contribution in [3.8, 4) is 5.69 Å². The summed E-state index contributed by atoms with van der Waals surface area (Å²) in [6.07, 6.45) is 8.69. The fourth-order valence-corrected chi connectivity index (χ4v) is 3.93. The van der Waals surface area contributed by atoms with Crippen LogP contribution >= 0.6 is 0 Å². The van der Waals surface area contributed by atoms with Crippen molar-refractivity contribution in [1.29, 1.82) is 0 Å². The molecule has 21 heavy (non-hydrogen) atoms. The number of aliphatic hydroxyl groups is 1. The lowest BCUT2D eigenvalue weighted by Crippen LogP contribution is -2.35. The number of para-hydroxylation sites is 1. The van der Waals surface area contributed by atoms with Crippen molar-refractivity contribution in [2.45, 2.75) is 44.1 Å². The lowest BCUT2D eigenvalue weighted by molar-refractivity contribution is -0.0305. The summed E-state index contributed by atoms with van der Waals surface area (Å²) in [6.45, 7) is 0. The molecule has 2 atom stereocenters. The Kier molecular flexibility index (Phi) is 3.11. The Hall–Kier alpha value is -1.61. The third-order valence-electron chi connectivity index (χ3n) is 5.17. The van der Waals surface area contributed by atoms with Crippen LogP contribution in [0.5, 0.6) is 0 Å². The van der Waals surface area contributed by atoms with Crippen LogP contribution in [-0.4, -0.2) is 14.9 Å². The molecule has 110 valence electrons. The molecule has 2 unspecified atom stereocenters. The highest BCUT2D eigenvalue weighted by molar-refractivity contribution is 5.34. The summed E-state index contributed by atoms with van der Waals surface area (Å²) < 4.78 is 1.91. The number of hydrogen-bond acceptors (Lipinski definition) is 2. The second-order valence-electron chi connectivity index (χ2n) is 6.69. The van der Waals surface area contributed by atoms with Gasteiger partial charge >= 0.3 is 0 Å². The van der Waals surface area contributed by atoms with Gasteiger partial charge in [-0.3, -0.25) is 0 Å². The summed E-state index contributed by atoms with van der Waals surface area (Å²) >= 11 is 0. The molecule has 0 spiro atoms. The molecule has 1 heterocycles. The second-order valence-corrected chi connectivity index (χ2v) is 6.69. The zero-order chi connectivity index (χ0) is 14.3. The van der Waals surface area contributed by atoms with Crippen molar-refractivity contribution in [2.24, 2.45) is 11.8 Å². The largest absolute Gasteiger partial charge is 0.384 e. The zero-order valence-corrected chi connectivity index (χ0v) is 12.3. The molecule has 1 N–H and O–H groups in total. The molecule has 1 aromatic carbocycles. The van der Waals surface area contributed by atoms with Gasteiger partial charge in [0.1, 0.15) is 5.60 Å². The van der Waals surface area contributed by atoms with Crippen molar-refractivity contribution in [2.75, 3.05) is 0 Å². The SMILES string of the molecule is OC1(c2ccnn2-c2ccccc2)CCCC(C2CC2)C1. The normalized spacial score (nSPS) is 29.5. The predicted molar refractivity (Wildman–Crippen MR) is 82.1 cm³/mol. The maximum atomic E-state index is 11.3. The molecule has 2 aromatic rings. The van der Waals surface area contributed by atoms with Gasteiger partial charge in [-0.2, -0.15) is 5.10 Å². The van der Waals surface area contributed by atoms with Crippen LogP contribution < -0.4 is 0 Å². The van der Waals surface area contributed by atoms with E-state index >= 15 is 0 Å². The van der Waals surface area contributed by atoms with E-state index in [0.29, 0.717) is 5.92 Å². The molecule has 0 amide bonds. The highest BCUT2D eigenvalue weighted by Crippen LogP contribution is 2.49. The first kappa shape index (κ1) is 13.1. The molecule has 2 fully saturated rings. The first-order valence-electron chi connectivity index (χ1n) is 8.09. The van der Waals surface area contributed by atoms with Crippen molar-refractivity contribution < 1.29 is 5.11 Å². The molecule has 0 saturated heterocycles. The molecule has 0 bridgehead atoms. The second kappa shape index (κ2) is 4.99. The summed E-state index contributed by atoms with van der Waals surface area (Å²) in [7, 11) is 0. The number of nitrogens with zero attached hydrogens (tertiary/aromatic N) is 2. The standard InChI is InChI=1S/C18H22N2O/c21-18(11-4-5-15(13-18)14-8-9-14)17-10-12-19-20(17)16-6-2-1-3-7-16/h1-3,6-7,10,12,14-15,21H,4-5,8-9,11,13H2. The molecule has 2 aliphatic rings. The summed E-state index contributed by atoms with van der Waals surface area (Å²) in [5, 5.41) is 15.7. The summed E-state index contributed by atoms with van der Waals surface area (Å²) in [6, 6.07) is 12.1. The zero-order valence-electron chi connectivity index (χ0n) is 12.3. The molecule has 0 radical (unpaired) electrons. The van der Waals surface area contributed by atoms with Crippen LogP contribution in [0.15, 0.2) is 42.6 Å². The van der Waals surface area contributed by atoms with E-state index in [0.717, 1.165) is 36.6 Å². The van der Waals surface area contributed by atoms with Crippen LogP contribution in [0.1, 0.15) is 44.2 Å². The Morgan fingerprint density at radius 1 is 1.05 bits per heavy atom. The van der Waals surface area contributed by atoms with E-state index in [4.69, 9.17) is 0 Å². The Morgan fingerprint density at radius 3 is 2.62 bits per heavy atom. The fourth-order valence-electron chi connectivity index (χ4n) is 3.93. The quantitative estimate of drug-likeness (QED) is 0.933. The Bertz CT molecular complexity index is 617. The number of hydrogen-bond donors (Lipinski definition) is 1. The third kappa shape index (κ3) is 2.40. The molecule has 4 rings (SSSR count). The Labute approximate surface area is 125 Å². The van der Waals surface area contributed by atoms with E-state index in [9.17, 15) is 5.11 Å². The third-order valence-corrected chi connectivity index (χ3v) is 5.17.